The van der Waals surface area contributed by atoms with Gasteiger partial charge in [-0.1, -0.05) is 42.5 Å². The highest BCUT2D eigenvalue weighted by atomic mass is 16.1. The highest BCUT2D eigenvalue weighted by Crippen LogP contribution is 2.27. The quantitative estimate of drug-likeness (QED) is 0.712. The molecule has 0 amide bonds. The molecule has 1 aliphatic carbocycles. The van der Waals surface area contributed by atoms with Gasteiger partial charge >= 0.3 is 0 Å². The molecule has 3 aromatic rings. The Balaban J connectivity index is 1.39. The van der Waals surface area contributed by atoms with Crippen molar-refractivity contribution in [2.75, 3.05) is 7.05 Å². The van der Waals surface area contributed by atoms with E-state index >= 15 is 0 Å². The molecule has 138 valence electrons. The van der Waals surface area contributed by atoms with E-state index < -0.39 is 0 Å². The van der Waals surface area contributed by atoms with Crippen LogP contribution in [0, 0.1) is 0 Å². The van der Waals surface area contributed by atoms with Gasteiger partial charge in [0.2, 0.25) is 0 Å². The van der Waals surface area contributed by atoms with Crippen molar-refractivity contribution >= 4 is 22.9 Å². The molecule has 28 heavy (non-hydrogen) atoms. The van der Waals surface area contributed by atoms with E-state index in [1.807, 2.05) is 6.34 Å². The first-order valence-corrected chi connectivity index (χ1v) is 9.24. The molecule has 0 saturated heterocycles. The van der Waals surface area contributed by atoms with Crippen LogP contribution in [0.4, 0.5) is 0 Å². The molecule has 2 atom stereocenters. The maximum atomic E-state index is 12.6. The summed E-state index contributed by atoms with van der Waals surface area (Å²) in [5, 5.41) is 0. The summed E-state index contributed by atoms with van der Waals surface area (Å²) in [4.78, 5) is 27.7. The molecule has 2 unspecified atom stereocenters. The second-order valence-electron chi connectivity index (χ2n) is 7.14. The molecule has 1 aliphatic heterocycles. The number of hydrogen-bond donors (Lipinski definition) is 0. The van der Waals surface area contributed by atoms with Crippen LogP contribution in [0.25, 0.3) is 16.6 Å². The Bertz CT molecular complexity index is 1190. The van der Waals surface area contributed by atoms with Gasteiger partial charge in [-0.25, -0.2) is 9.97 Å². The number of pyridine rings is 1. The first-order valence-electron chi connectivity index (χ1n) is 9.24. The summed E-state index contributed by atoms with van der Waals surface area (Å²) in [5.74, 6) is 0. The van der Waals surface area contributed by atoms with Gasteiger partial charge in [-0.3, -0.25) is 14.4 Å². The van der Waals surface area contributed by atoms with Crippen LogP contribution in [0.2, 0.25) is 0 Å². The number of benzene rings is 1. The first kappa shape index (κ1) is 16.6. The summed E-state index contributed by atoms with van der Waals surface area (Å²) in [6.07, 6.45) is 11.6. The predicted octanol–water partition coefficient (Wildman–Crippen LogP) is 2.50. The van der Waals surface area contributed by atoms with Crippen molar-refractivity contribution in [3.05, 3.63) is 88.6 Å². The number of aromatic nitrogens is 3. The van der Waals surface area contributed by atoms with Crippen molar-refractivity contribution in [1.82, 2.24) is 19.4 Å². The SMILES string of the molecule is CN1C=NC2C=CC(c3ccc(Cn4cnc5cccnc5c4=O)cc3)=CC21. The van der Waals surface area contributed by atoms with E-state index in [-0.39, 0.29) is 17.6 Å². The van der Waals surface area contributed by atoms with Crippen molar-refractivity contribution in [2.24, 2.45) is 4.99 Å². The number of allylic oxidation sites excluding steroid dienone is 2. The van der Waals surface area contributed by atoms with Crippen LogP contribution in [-0.2, 0) is 6.54 Å². The summed E-state index contributed by atoms with van der Waals surface area (Å²) in [5.41, 5.74) is 4.29. The molecule has 5 rings (SSSR count). The molecule has 0 spiro atoms. The number of hydrogen-bond acceptors (Lipinski definition) is 5. The van der Waals surface area contributed by atoms with E-state index in [1.165, 1.54) is 5.57 Å². The molecule has 0 bridgehead atoms. The fourth-order valence-corrected chi connectivity index (χ4v) is 3.70. The van der Waals surface area contributed by atoms with Gasteiger partial charge in [0.25, 0.3) is 5.56 Å². The Hall–Kier alpha value is -3.54. The third-order valence-electron chi connectivity index (χ3n) is 5.29. The van der Waals surface area contributed by atoms with Gasteiger partial charge in [0, 0.05) is 13.2 Å². The normalized spacial score (nSPS) is 20.5. The maximum Gasteiger partial charge on any atom is 0.280 e. The van der Waals surface area contributed by atoms with Gasteiger partial charge < -0.3 is 4.90 Å². The summed E-state index contributed by atoms with van der Waals surface area (Å²) in [7, 11) is 2.05. The second kappa shape index (κ2) is 6.56. The standard InChI is InChI=1S/C22H19N5O/c1-26-13-24-18-9-8-17(11-20(18)26)16-6-4-15(5-7-16)12-27-14-25-19-3-2-10-23-21(19)22(27)28/h2-11,13-14,18,20H,12H2,1H3. The predicted molar refractivity (Wildman–Crippen MR) is 110 cm³/mol. The van der Waals surface area contributed by atoms with E-state index in [0.29, 0.717) is 17.6 Å². The monoisotopic (exact) mass is 369 g/mol. The molecule has 0 N–H and O–H groups in total. The average molecular weight is 369 g/mol. The summed E-state index contributed by atoms with van der Waals surface area (Å²) < 4.78 is 1.60. The third kappa shape index (κ3) is 2.83. The molecule has 3 heterocycles. The van der Waals surface area contributed by atoms with E-state index in [4.69, 9.17) is 0 Å². The minimum atomic E-state index is -0.122. The van der Waals surface area contributed by atoms with Crippen LogP contribution in [0.5, 0.6) is 0 Å². The number of aliphatic imine (C=N–C) groups is 1. The van der Waals surface area contributed by atoms with E-state index in [2.05, 4.69) is 69.4 Å². The Morgan fingerprint density at radius 1 is 1.11 bits per heavy atom. The first-order chi connectivity index (χ1) is 13.7. The zero-order valence-corrected chi connectivity index (χ0v) is 15.4. The molecule has 2 aliphatic rings. The van der Waals surface area contributed by atoms with Crippen molar-refractivity contribution in [2.45, 2.75) is 18.6 Å². The lowest BCUT2D eigenvalue weighted by atomic mass is 9.93. The average Bonchev–Trinajstić information content (AvgIpc) is 3.11. The zero-order valence-electron chi connectivity index (χ0n) is 15.4. The molecule has 0 saturated carbocycles. The summed E-state index contributed by atoms with van der Waals surface area (Å²) in [6.45, 7) is 0.467. The van der Waals surface area contributed by atoms with Crippen molar-refractivity contribution < 1.29 is 0 Å². The Kier molecular flexibility index (Phi) is 3.90. The summed E-state index contributed by atoms with van der Waals surface area (Å²) in [6, 6.07) is 12.4. The molecule has 6 nitrogen and oxygen atoms in total. The number of fused-ring (bicyclic) bond motifs is 2. The lowest BCUT2D eigenvalue weighted by molar-refractivity contribution is 0.446. The highest BCUT2D eigenvalue weighted by molar-refractivity contribution is 5.78. The molecule has 0 radical (unpaired) electrons. The van der Waals surface area contributed by atoms with Crippen molar-refractivity contribution in [3.8, 4) is 0 Å². The fourth-order valence-electron chi connectivity index (χ4n) is 3.70. The third-order valence-corrected chi connectivity index (χ3v) is 5.29. The van der Waals surface area contributed by atoms with E-state index in [1.54, 1.807) is 29.2 Å². The molecule has 0 fully saturated rings. The lowest BCUT2D eigenvalue weighted by Gasteiger charge is -2.24. The Labute approximate surface area is 162 Å². The van der Waals surface area contributed by atoms with Crippen LogP contribution in [-0.4, -0.2) is 44.9 Å². The largest absolute Gasteiger partial charge is 0.357 e. The number of rotatable bonds is 3. The van der Waals surface area contributed by atoms with Gasteiger partial charge in [-0.15, -0.1) is 0 Å². The van der Waals surface area contributed by atoms with Gasteiger partial charge in [0.1, 0.15) is 0 Å². The molecule has 2 aromatic heterocycles. The Morgan fingerprint density at radius 2 is 1.96 bits per heavy atom. The molecular weight excluding hydrogens is 350 g/mol. The second-order valence-corrected chi connectivity index (χ2v) is 7.14. The van der Waals surface area contributed by atoms with E-state index in [0.717, 1.165) is 11.1 Å². The van der Waals surface area contributed by atoms with Crippen LogP contribution >= 0.6 is 0 Å². The minimum absolute atomic E-state index is 0.122. The smallest absolute Gasteiger partial charge is 0.280 e. The zero-order chi connectivity index (χ0) is 19.1. The van der Waals surface area contributed by atoms with Gasteiger partial charge in [-0.2, -0.15) is 0 Å². The minimum Gasteiger partial charge on any atom is -0.357 e. The van der Waals surface area contributed by atoms with Gasteiger partial charge in [-0.05, 0) is 28.8 Å². The van der Waals surface area contributed by atoms with E-state index in [9.17, 15) is 4.79 Å². The maximum absolute atomic E-state index is 12.6. The van der Waals surface area contributed by atoms with Gasteiger partial charge in [0.05, 0.1) is 36.8 Å². The highest BCUT2D eigenvalue weighted by Gasteiger charge is 2.27. The molecular formula is C22H19N5O. The van der Waals surface area contributed by atoms with Crippen molar-refractivity contribution in [3.63, 3.8) is 0 Å². The van der Waals surface area contributed by atoms with Crippen LogP contribution in [0.3, 0.4) is 0 Å². The fraction of sp³-hybridized carbons (Fsp3) is 0.182. The number of nitrogens with zero attached hydrogens (tertiary/aromatic N) is 5. The van der Waals surface area contributed by atoms with Crippen LogP contribution < -0.4 is 5.56 Å². The summed E-state index contributed by atoms with van der Waals surface area (Å²) >= 11 is 0. The molecule has 1 aromatic carbocycles. The van der Waals surface area contributed by atoms with Crippen LogP contribution in [0.15, 0.2) is 76.9 Å². The number of likely N-dealkylation sites (N-methyl/N-ethyl adjacent to an activating group) is 1. The topological polar surface area (TPSA) is 63.4 Å². The van der Waals surface area contributed by atoms with Crippen LogP contribution in [0.1, 0.15) is 11.1 Å². The van der Waals surface area contributed by atoms with Gasteiger partial charge in [0.15, 0.2) is 5.52 Å². The Morgan fingerprint density at radius 3 is 2.82 bits per heavy atom. The van der Waals surface area contributed by atoms with Crippen molar-refractivity contribution in [1.29, 1.82) is 0 Å². The molecule has 6 heteroatoms. The lowest BCUT2D eigenvalue weighted by Crippen LogP contribution is -2.32.